The highest BCUT2D eigenvalue weighted by molar-refractivity contribution is 7.11. The number of hydrogen-bond acceptors (Lipinski definition) is 2. The fraction of sp³-hybridized carbons (Fsp3) is 0.304. The Kier molecular flexibility index (Phi) is 5.01. The molecule has 25 heavy (non-hydrogen) atoms. The van der Waals surface area contributed by atoms with Crippen LogP contribution in [-0.2, 0) is 0 Å². The molecule has 3 rings (SSSR count). The highest BCUT2D eigenvalue weighted by atomic mass is 32.1. The molecule has 0 amide bonds. The van der Waals surface area contributed by atoms with Gasteiger partial charge in [0.1, 0.15) is 0 Å². The molecule has 1 nitrogen and oxygen atoms in total. The van der Waals surface area contributed by atoms with Crippen molar-refractivity contribution < 1.29 is 0 Å². The molecule has 2 atom stereocenters. The van der Waals surface area contributed by atoms with E-state index < -0.39 is 0 Å². The number of nitrogens with one attached hydrogen (secondary N) is 1. The number of aryl methyl sites for hydroxylation is 2. The smallest absolute Gasteiger partial charge is 0.0575 e. The van der Waals surface area contributed by atoms with Crippen molar-refractivity contribution in [2.75, 3.05) is 0 Å². The van der Waals surface area contributed by atoms with Gasteiger partial charge in [0.15, 0.2) is 0 Å². The second-order valence-corrected chi connectivity index (χ2v) is 7.93. The zero-order chi connectivity index (χ0) is 18.1. The number of benzene rings is 1. The van der Waals surface area contributed by atoms with E-state index in [-0.39, 0.29) is 6.04 Å². The van der Waals surface area contributed by atoms with Crippen LogP contribution in [0.1, 0.15) is 47.4 Å². The molecule has 0 radical (unpaired) electrons. The van der Waals surface area contributed by atoms with Gasteiger partial charge in [-0.3, -0.25) is 0 Å². The standard InChI is InChI=1S/C23H27NS/c1-7-14(2)19-11-15(3)22(16(4)12-19)18(6)23-17(5)20(13-24-23)21-9-8-10-25-21/h8-13,17,23-24H,2,6-7H2,1,3-5H3. The number of thiophene rings is 1. The Morgan fingerprint density at radius 1 is 1.20 bits per heavy atom. The topological polar surface area (TPSA) is 12.0 Å². The lowest BCUT2D eigenvalue weighted by Crippen LogP contribution is -2.27. The number of rotatable bonds is 5. The summed E-state index contributed by atoms with van der Waals surface area (Å²) in [6.07, 6.45) is 3.15. The van der Waals surface area contributed by atoms with Crippen LogP contribution in [0.25, 0.3) is 16.7 Å². The second-order valence-electron chi connectivity index (χ2n) is 6.98. The van der Waals surface area contributed by atoms with E-state index in [0.717, 1.165) is 6.42 Å². The first-order valence-corrected chi connectivity index (χ1v) is 9.80. The van der Waals surface area contributed by atoms with Crippen LogP contribution in [0.3, 0.4) is 0 Å². The van der Waals surface area contributed by atoms with Crippen LogP contribution in [0.2, 0.25) is 0 Å². The van der Waals surface area contributed by atoms with Crippen molar-refractivity contribution in [3.8, 4) is 0 Å². The summed E-state index contributed by atoms with van der Waals surface area (Å²) < 4.78 is 0. The van der Waals surface area contributed by atoms with Gasteiger partial charge >= 0.3 is 0 Å². The van der Waals surface area contributed by atoms with Crippen molar-refractivity contribution >= 4 is 28.1 Å². The molecule has 1 aromatic carbocycles. The summed E-state index contributed by atoms with van der Waals surface area (Å²) in [6.45, 7) is 17.5. The minimum absolute atomic E-state index is 0.245. The SMILES string of the molecule is C=C(CC)c1cc(C)c(C(=C)C2NC=C(c3cccs3)C2C)c(C)c1. The van der Waals surface area contributed by atoms with E-state index in [1.165, 1.54) is 43.9 Å². The predicted octanol–water partition coefficient (Wildman–Crippen LogP) is 6.45. The number of allylic oxidation sites excluding steroid dienone is 1. The van der Waals surface area contributed by atoms with Crippen LogP contribution in [0, 0.1) is 19.8 Å². The lowest BCUT2D eigenvalue weighted by molar-refractivity contribution is 0.631. The highest BCUT2D eigenvalue weighted by Crippen LogP contribution is 2.39. The molecule has 0 saturated heterocycles. The first kappa shape index (κ1) is 17.8. The third kappa shape index (κ3) is 3.23. The largest absolute Gasteiger partial charge is 0.383 e. The lowest BCUT2D eigenvalue weighted by Gasteiger charge is -2.24. The molecule has 1 N–H and O–H groups in total. The van der Waals surface area contributed by atoms with Crippen LogP contribution in [-0.4, -0.2) is 6.04 Å². The number of hydrogen-bond donors (Lipinski definition) is 1. The van der Waals surface area contributed by atoms with E-state index >= 15 is 0 Å². The van der Waals surface area contributed by atoms with Gasteiger partial charge < -0.3 is 5.32 Å². The van der Waals surface area contributed by atoms with E-state index in [1.54, 1.807) is 11.3 Å². The third-order valence-electron chi connectivity index (χ3n) is 5.28. The summed E-state index contributed by atoms with van der Waals surface area (Å²) in [5.74, 6) is 0.412. The van der Waals surface area contributed by atoms with Crippen LogP contribution in [0.15, 0.2) is 49.0 Å². The Hall–Kier alpha value is -2.06. The summed E-state index contributed by atoms with van der Waals surface area (Å²) in [7, 11) is 0. The highest BCUT2D eigenvalue weighted by Gasteiger charge is 2.30. The average Bonchev–Trinajstić information content (AvgIpc) is 3.22. The van der Waals surface area contributed by atoms with Crippen molar-refractivity contribution in [2.45, 2.75) is 40.2 Å². The molecule has 1 aliphatic heterocycles. The first-order valence-electron chi connectivity index (χ1n) is 8.92. The Bertz CT molecular complexity index is 816. The maximum Gasteiger partial charge on any atom is 0.0575 e. The van der Waals surface area contributed by atoms with Gasteiger partial charge in [-0.25, -0.2) is 0 Å². The molecular formula is C23H27NS. The van der Waals surface area contributed by atoms with Gasteiger partial charge in [-0.2, -0.15) is 0 Å². The van der Waals surface area contributed by atoms with Gasteiger partial charge in [0, 0.05) is 17.0 Å². The van der Waals surface area contributed by atoms with Crippen LogP contribution >= 0.6 is 11.3 Å². The van der Waals surface area contributed by atoms with Crippen molar-refractivity contribution in [3.63, 3.8) is 0 Å². The minimum Gasteiger partial charge on any atom is -0.383 e. The molecule has 0 aliphatic carbocycles. The molecule has 1 aliphatic rings. The zero-order valence-electron chi connectivity index (χ0n) is 15.6. The van der Waals surface area contributed by atoms with Crippen molar-refractivity contribution in [1.82, 2.24) is 5.32 Å². The molecule has 2 unspecified atom stereocenters. The Morgan fingerprint density at radius 3 is 2.44 bits per heavy atom. The average molecular weight is 350 g/mol. The van der Waals surface area contributed by atoms with E-state index in [0.29, 0.717) is 5.92 Å². The van der Waals surface area contributed by atoms with Crippen molar-refractivity contribution in [3.05, 3.63) is 76.1 Å². The van der Waals surface area contributed by atoms with Gasteiger partial charge in [-0.15, -0.1) is 11.3 Å². The Labute approximate surface area is 155 Å². The monoisotopic (exact) mass is 349 g/mol. The maximum atomic E-state index is 4.47. The Morgan fingerprint density at radius 2 is 1.88 bits per heavy atom. The molecule has 2 heteroatoms. The van der Waals surface area contributed by atoms with E-state index in [1.807, 2.05) is 0 Å². The summed E-state index contributed by atoms with van der Waals surface area (Å²) in [4.78, 5) is 1.35. The van der Waals surface area contributed by atoms with Crippen molar-refractivity contribution in [1.29, 1.82) is 0 Å². The fourth-order valence-electron chi connectivity index (χ4n) is 3.81. The summed E-state index contributed by atoms with van der Waals surface area (Å²) >= 11 is 1.80. The fourth-order valence-corrected chi connectivity index (χ4v) is 4.65. The first-order chi connectivity index (χ1) is 11.9. The lowest BCUT2D eigenvalue weighted by atomic mass is 9.84. The van der Waals surface area contributed by atoms with Crippen LogP contribution in [0.4, 0.5) is 0 Å². The van der Waals surface area contributed by atoms with Crippen LogP contribution in [0.5, 0.6) is 0 Å². The maximum absolute atomic E-state index is 4.47. The molecule has 0 spiro atoms. The van der Waals surface area contributed by atoms with E-state index in [2.05, 4.69) is 82.0 Å². The molecular weight excluding hydrogens is 322 g/mol. The van der Waals surface area contributed by atoms with Gasteiger partial charge in [0.25, 0.3) is 0 Å². The van der Waals surface area contributed by atoms with E-state index in [9.17, 15) is 0 Å². The summed E-state index contributed by atoms with van der Waals surface area (Å²) in [6, 6.07) is 9.07. The molecule has 0 saturated carbocycles. The molecule has 1 aromatic heterocycles. The van der Waals surface area contributed by atoms with Gasteiger partial charge in [-0.1, -0.05) is 45.2 Å². The zero-order valence-corrected chi connectivity index (χ0v) is 16.5. The predicted molar refractivity (Wildman–Crippen MR) is 113 cm³/mol. The molecule has 2 heterocycles. The van der Waals surface area contributed by atoms with Gasteiger partial charge in [0.05, 0.1) is 6.04 Å². The van der Waals surface area contributed by atoms with E-state index in [4.69, 9.17) is 0 Å². The second kappa shape index (κ2) is 7.05. The Balaban J connectivity index is 1.88. The molecule has 0 bridgehead atoms. The molecule has 130 valence electrons. The normalized spacial score (nSPS) is 19.4. The van der Waals surface area contributed by atoms with Crippen LogP contribution < -0.4 is 5.32 Å². The minimum atomic E-state index is 0.245. The summed E-state index contributed by atoms with van der Waals surface area (Å²) in [5.41, 5.74) is 8.86. The summed E-state index contributed by atoms with van der Waals surface area (Å²) in [5, 5.41) is 5.71. The van der Waals surface area contributed by atoms with Gasteiger partial charge in [0.2, 0.25) is 0 Å². The third-order valence-corrected chi connectivity index (χ3v) is 6.20. The molecule has 2 aromatic rings. The van der Waals surface area contributed by atoms with Crippen molar-refractivity contribution in [2.24, 2.45) is 5.92 Å². The quantitative estimate of drug-likeness (QED) is 0.654. The van der Waals surface area contributed by atoms with Gasteiger partial charge in [-0.05, 0) is 70.7 Å². The molecule has 0 fully saturated rings.